The molecule has 0 saturated heterocycles. The van der Waals surface area contributed by atoms with Gasteiger partial charge in [0, 0.05) is 29.8 Å². The monoisotopic (exact) mass is 370 g/mol. The molecule has 0 saturated carbocycles. The van der Waals surface area contributed by atoms with E-state index in [0.717, 1.165) is 28.3 Å². The van der Waals surface area contributed by atoms with Crippen LogP contribution in [-0.4, -0.2) is 44.0 Å². The van der Waals surface area contributed by atoms with E-state index in [-0.39, 0.29) is 6.03 Å². The SMILES string of the molecule is CCNC(=O)N(c1ccccc1)C1Cc2c(OC)ccc(OC)c2CC1O. The largest absolute Gasteiger partial charge is 0.496 e. The van der Waals surface area contributed by atoms with Gasteiger partial charge in [0.15, 0.2) is 0 Å². The number of aliphatic hydroxyl groups is 1. The molecule has 0 spiro atoms. The lowest BCUT2D eigenvalue weighted by atomic mass is 9.84. The molecule has 0 aromatic heterocycles. The molecule has 2 unspecified atom stereocenters. The van der Waals surface area contributed by atoms with Gasteiger partial charge in [-0.1, -0.05) is 18.2 Å². The Labute approximate surface area is 159 Å². The van der Waals surface area contributed by atoms with Crippen LogP contribution in [0.3, 0.4) is 0 Å². The van der Waals surface area contributed by atoms with E-state index in [1.54, 1.807) is 19.1 Å². The summed E-state index contributed by atoms with van der Waals surface area (Å²) in [5, 5.41) is 13.8. The summed E-state index contributed by atoms with van der Waals surface area (Å²) < 4.78 is 11.0. The third kappa shape index (κ3) is 3.71. The van der Waals surface area contributed by atoms with E-state index >= 15 is 0 Å². The number of hydrogen-bond acceptors (Lipinski definition) is 4. The van der Waals surface area contributed by atoms with E-state index in [9.17, 15) is 9.90 Å². The van der Waals surface area contributed by atoms with Crippen LogP contribution in [0.5, 0.6) is 11.5 Å². The number of nitrogens with zero attached hydrogens (tertiary/aromatic N) is 1. The van der Waals surface area contributed by atoms with Gasteiger partial charge in [0.1, 0.15) is 11.5 Å². The zero-order valence-corrected chi connectivity index (χ0v) is 15.9. The van der Waals surface area contributed by atoms with Gasteiger partial charge in [-0.2, -0.15) is 0 Å². The number of hydrogen-bond donors (Lipinski definition) is 2. The predicted octanol–water partition coefficient (Wildman–Crippen LogP) is 2.77. The van der Waals surface area contributed by atoms with Crippen LogP contribution in [0.15, 0.2) is 42.5 Å². The molecule has 2 amide bonds. The standard InChI is InChI=1S/C21H26N2O4/c1-4-22-21(25)23(14-8-6-5-7-9-14)17-12-15-16(13-18(17)24)20(27-3)11-10-19(15)26-2/h5-11,17-18,24H,4,12-13H2,1-3H3,(H,22,25). The highest BCUT2D eigenvalue weighted by atomic mass is 16.5. The first-order valence-corrected chi connectivity index (χ1v) is 9.13. The smallest absolute Gasteiger partial charge is 0.322 e. The van der Waals surface area contributed by atoms with Crippen LogP contribution in [0.2, 0.25) is 0 Å². The van der Waals surface area contributed by atoms with E-state index in [0.29, 0.717) is 19.4 Å². The molecular formula is C21H26N2O4. The van der Waals surface area contributed by atoms with Gasteiger partial charge in [0.2, 0.25) is 0 Å². The minimum Gasteiger partial charge on any atom is -0.496 e. The second-order valence-electron chi connectivity index (χ2n) is 6.51. The van der Waals surface area contributed by atoms with Crippen LogP contribution in [0.1, 0.15) is 18.1 Å². The molecule has 2 N–H and O–H groups in total. The Hall–Kier alpha value is -2.73. The number of amides is 2. The maximum Gasteiger partial charge on any atom is 0.322 e. The fourth-order valence-electron chi connectivity index (χ4n) is 3.72. The summed E-state index contributed by atoms with van der Waals surface area (Å²) >= 11 is 0. The number of ether oxygens (including phenoxy) is 2. The first-order valence-electron chi connectivity index (χ1n) is 9.13. The molecule has 2 aromatic rings. The van der Waals surface area contributed by atoms with Crippen molar-refractivity contribution in [3.63, 3.8) is 0 Å². The van der Waals surface area contributed by atoms with Crippen LogP contribution >= 0.6 is 0 Å². The van der Waals surface area contributed by atoms with Crippen molar-refractivity contribution in [1.29, 1.82) is 0 Å². The van der Waals surface area contributed by atoms with Crippen molar-refractivity contribution in [2.24, 2.45) is 0 Å². The number of nitrogens with one attached hydrogen (secondary N) is 1. The Kier molecular flexibility index (Phi) is 5.86. The number of rotatable bonds is 5. The summed E-state index contributed by atoms with van der Waals surface area (Å²) in [7, 11) is 3.24. The van der Waals surface area contributed by atoms with Gasteiger partial charge in [-0.05, 0) is 37.6 Å². The molecule has 0 heterocycles. The van der Waals surface area contributed by atoms with Crippen LogP contribution in [0.25, 0.3) is 0 Å². The number of carbonyl (C=O) groups excluding carboxylic acids is 1. The molecule has 6 heteroatoms. The first-order chi connectivity index (χ1) is 13.1. The molecule has 2 atom stereocenters. The van der Waals surface area contributed by atoms with Crippen molar-refractivity contribution >= 4 is 11.7 Å². The Bertz CT molecular complexity index is 794. The lowest BCUT2D eigenvalue weighted by Gasteiger charge is -2.39. The maximum atomic E-state index is 12.8. The molecule has 2 aromatic carbocycles. The molecule has 0 fully saturated rings. The average Bonchev–Trinajstić information content (AvgIpc) is 2.69. The first kappa shape index (κ1) is 19.0. The van der Waals surface area contributed by atoms with E-state index in [1.807, 2.05) is 49.4 Å². The quantitative estimate of drug-likeness (QED) is 0.849. The molecular weight excluding hydrogens is 344 g/mol. The highest BCUT2D eigenvalue weighted by Crippen LogP contribution is 2.38. The molecule has 27 heavy (non-hydrogen) atoms. The van der Waals surface area contributed by atoms with Crippen LogP contribution in [-0.2, 0) is 12.8 Å². The number of methoxy groups -OCH3 is 2. The fourth-order valence-corrected chi connectivity index (χ4v) is 3.72. The number of para-hydroxylation sites is 1. The van der Waals surface area contributed by atoms with Crippen LogP contribution in [0, 0.1) is 0 Å². The third-order valence-corrected chi connectivity index (χ3v) is 4.97. The summed E-state index contributed by atoms with van der Waals surface area (Å²) in [5.74, 6) is 1.47. The number of carbonyl (C=O) groups is 1. The number of benzene rings is 2. The molecule has 1 aliphatic carbocycles. The lowest BCUT2D eigenvalue weighted by molar-refractivity contribution is 0.131. The lowest BCUT2D eigenvalue weighted by Crippen LogP contribution is -2.54. The van der Waals surface area contributed by atoms with E-state index in [4.69, 9.17) is 9.47 Å². The van der Waals surface area contributed by atoms with Crippen molar-refractivity contribution in [2.45, 2.75) is 31.9 Å². The van der Waals surface area contributed by atoms with E-state index in [1.165, 1.54) is 0 Å². The topological polar surface area (TPSA) is 71.0 Å². The predicted molar refractivity (Wildman–Crippen MR) is 105 cm³/mol. The van der Waals surface area contributed by atoms with Gasteiger partial charge in [-0.3, -0.25) is 4.90 Å². The van der Waals surface area contributed by atoms with Gasteiger partial charge < -0.3 is 19.9 Å². The number of fused-ring (bicyclic) bond motifs is 1. The normalized spacial score (nSPS) is 18.4. The van der Waals surface area contributed by atoms with Gasteiger partial charge in [-0.25, -0.2) is 4.79 Å². The van der Waals surface area contributed by atoms with Crippen molar-refractivity contribution < 1.29 is 19.4 Å². The van der Waals surface area contributed by atoms with E-state index < -0.39 is 12.1 Å². The average molecular weight is 370 g/mol. The molecule has 0 aliphatic heterocycles. The second kappa shape index (κ2) is 8.31. The summed E-state index contributed by atoms with van der Waals surface area (Å²) in [5.41, 5.74) is 2.65. The fraction of sp³-hybridized carbons (Fsp3) is 0.381. The van der Waals surface area contributed by atoms with Gasteiger partial charge in [0.05, 0.1) is 26.4 Å². The second-order valence-corrected chi connectivity index (χ2v) is 6.51. The molecule has 0 radical (unpaired) electrons. The Morgan fingerprint density at radius 3 is 2.22 bits per heavy atom. The van der Waals surface area contributed by atoms with Crippen molar-refractivity contribution in [2.75, 3.05) is 25.7 Å². The van der Waals surface area contributed by atoms with Crippen molar-refractivity contribution in [1.82, 2.24) is 5.32 Å². The molecule has 3 rings (SSSR count). The highest BCUT2D eigenvalue weighted by Gasteiger charge is 2.37. The Morgan fingerprint density at radius 2 is 1.67 bits per heavy atom. The van der Waals surface area contributed by atoms with Crippen molar-refractivity contribution in [3.8, 4) is 11.5 Å². The number of anilines is 1. The molecule has 144 valence electrons. The van der Waals surface area contributed by atoms with Gasteiger partial charge >= 0.3 is 6.03 Å². The van der Waals surface area contributed by atoms with Gasteiger partial charge in [-0.15, -0.1) is 0 Å². The van der Waals surface area contributed by atoms with Crippen LogP contribution < -0.4 is 19.7 Å². The summed E-state index contributed by atoms with van der Waals surface area (Å²) in [6.45, 7) is 2.39. The van der Waals surface area contributed by atoms with E-state index in [2.05, 4.69) is 5.32 Å². The number of aliphatic hydroxyl groups excluding tert-OH is 1. The zero-order chi connectivity index (χ0) is 19.4. The Balaban J connectivity index is 2.04. The van der Waals surface area contributed by atoms with Crippen molar-refractivity contribution in [3.05, 3.63) is 53.6 Å². The highest BCUT2D eigenvalue weighted by molar-refractivity contribution is 5.92. The molecule has 6 nitrogen and oxygen atoms in total. The zero-order valence-electron chi connectivity index (χ0n) is 15.9. The summed E-state index contributed by atoms with van der Waals surface area (Å²) in [4.78, 5) is 14.5. The summed E-state index contributed by atoms with van der Waals surface area (Å²) in [6.07, 6.45) is 0.146. The minimum absolute atomic E-state index is 0.224. The Morgan fingerprint density at radius 1 is 1.07 bits per heavy atom. The van der Waals surface area contributed by atoms with Gasteiger partial charge in [0.25, 0.3) is 0 Å². The minimum atomic E-state index is -0.721. The van der Waals surface area contributed by atoms with Crippen LogP contribution in [0.4, 0.5) is 10.5 Å². The summed E-state index contributed by atoms with van der Waals surface area (Å²) in [6, 6.07) is 12.5. The molecule has 1 aliphatic rings. The third-order valence-electron chi connectivity index (χ3n) is 4.97. The maximum absolute atomic E-state index is 12.8. The molecule has 0 bridgehead atoms. The number of urea groups is 1.